The molecule has 0 bridgehead atoms. The SMILES string of the molecule is CC1CC(C(=O)NCC(O)CNC(=O)Cc2cccc(F)c2)CCO1. The highest BCUT2D eigenvalue weighted by molar-refractivity contribution is 5.79. The van der Waals surface area contributed by atoms with Gasteiger partial charge in [0.15, 0.2) is 0 Å². The van der Waals surface area contributed by atoms with Crippen molar-refractivity contribution in [3.63, 3.8) is 0 Å². The summed E-state index contributed by atoms with van der Waals surface area (Å²) in [5.74, 6) is -0.900. The van der Waals surface area contributed by atoms with E-state index in [9.17, 15) is 19.1 Å². The second kappa shape index (κ2) is 9.48. The Hall–Kier alpha value is -1.99. The predicted molar refractivity (Wildman–Crippen MR) is 90.3 cm³/mol. The zero-order chi connectivity index (χ0) is 18.2. The first kappa shape index (κ1) is 19.3. The lowest BCUT2D eigenvalue weighted by Crippen LogP contribution is -2.43. The number of nitrogens with one attached hydrogen (secondary N) is 2. The van der Waals surface area contributed by atoms with Crippen molar-refractivity contribution < 1.29 is 23.8 Å². The molecule has 1 aliphatic heterocycles. The Bertz CT molecular complexity index is 596. The minimum Gasteiger partial charge on any atom is -0.389 e. The second-order valence-corrected chi connectivity index (χ2v) is 6.41. The lowest BCUT2D eigenvalue weighted by Gasteiger charge is -2.26. The normalized spacial score (nSPS) is 21.4. The summed E-state index contributed by atoms with van der Waals surface area (Å²) in [5, 5.41) is 15.2. The lowest BCUT2D eigenvalue weighted by molar-refractivity contribution is -0.130. The van der Waals surface area contributed by atoms with Crippen LogP contribution in [-0.4, -0.2) is 48.8 Å². The van der Waals surface area contributed by atoms with Gasteiger partial charge in [-0.15, -0.1) is 0 Å². The van der Waals surface area contributed by atoms with Crippen LogP contribution in [0, 0.1) is 11.7 Å². The molecule has 2 rings (SSSR count). The Morgan fingerprint density at radius 3 is 2.84 bits per heavy atom. The molecule has 3 atom stereocenters. The van der Waals surface area contributed by atoms with Crippen LogP contribution < -0.4 is 10.6 Å². The van der Waals surface area contributed by atoms with Gasteiger partial charge in [0.2, 0.25) is 11.8 Å². The van der Waals surface area contributed by atoms with Crippen LogP contribution in [0.15, 0.2) is 24.3 Å². The number of aliphatic hydroxyl groups is 1. The van der Waals surface area contributed by atoms with Crippen molar-refractivity contribution in [1.82, 2.24) is 10.6 Å². The maximum Gasteiger partial charge on any atom is 0.224 e. The van der Waals surface area contributed by atoms with E-state index in [4.69, 9.17) is 4.74 Å². The maximum absolute atomic E-state index is 13.1. The van der Waals surface area contributed by atoms with E-state index >= 15 is 0 Å². The number of amides is 2. The molecule has 1 saturated heterocycles. The topological polar surface area (TPSA) is 87.7 Å². The van der Waals surface area contributed by atoms with E-state index in [1.165, 1.54) is 12.1 Å². The summed E-state index contributed by atoms with van der Waals surface area (Å²) in [5.41, 5.74) is 0.564. The Morgan fingerprint density at radius 1 is 1.36 bits per heavy atom. The van der Waals surface area contributed by atoms with E-state index in [2.05, 4.69) is 10.6 Å². The maximum atomic E-state index is 13.1. The molecule has 1 aliphatic rings. The molecule has 0 saturated carbocycles. The molecule has 6 nitrogen and oxygen atoms in total. The average molecular weight is 352 g/mol. The molecular formula is C18H25FN2O4. The molecule has 0 aromatic heterocycles. The van der Waals surface area contributed by atoms with E-state index in [0.29, 0.717) is 25.0 Å². The van der Waals surface area contributed by atoms with Gasteiger partial charge < -0.3 is 20.5 Å². The molecule has 7 heteroatoms. The smallest absolute Gasteiger partial charge is 0.224 e. The molecule has 0 radical (unpaired) electrons. The molecule has 1 aromatic rings. The summed E-state index contributed by atoms with van der Waals surface area (Å²) in [7, 11) is 0. The van der Waals surface area contributed by atoms with Crippen molar-refractivity contribution >= 4 is 11.8 Å². The molecular weight excluding hydrogens is 327 g/mol. The largest absolute Gasteiger partial charge is 0.389 e. The molecule has 1 heterocycles. The number of carbonyl (C=O) groups excluding carboxylic acids is 2. The first-order valence-electron chi connectivity index (χ1n) is 8.52. The lowest BCUT2D eigenvalue weighted by atomic mass is 9.95. The molecule has 25 heavy (non-hydrogen) atoms. The highest BCUT2D eigenvalue weighted by atomic mass is 19.1. The average Bonchev–Trinajstić information content (AvgIpc) is 2.58. The molecule has 1 aromatic carbocycles. The van der Waals surface area contributed by atoms with Crippen LogP contribution >= 0.6 is 0 Å². The fraction of sp³-hybridized carbons (Fsp3) is 0.556. The number of halogens is 1. The van der Waals surface area contributed by atoms with Crippen LogP contribution in [0.4, 0.5) is 4.39 Å². The van der Waals surface area contributed by atoms with Gasteiger partial charge in [0.05, 0.1) is 18.6 Å². The van der Waals surface area contributed by atoms with E-state index in [1.807, 2.05) is 6.92 Å². The first-order chi connectivity index (χ1) is 11.9. The standard InChI is InChI=1S/C18H25FN2O4/c1-12-7-14(5-6-25-12)18(24)21-11-16(22)10-20-17(23)9-13-3-2-4-15(19)8-13/h2-4,8,12,14,16,22H,5-7,9-11H2,1H3,(H,20,23)(H,21,24). The fourth-order valence-corrected chi connectivity index (χ4v) is 2.80. The number of aliphatic hydroxyl groups excluding tert-OH is 1. The summed E-state index contributed by atoms with van der Waals surface area (Å²) in [6, 6.07) is 5.81. The monoisotopic (exact) mass is 352 g/mol. The van der Waals surface area contributed by atoms with E-state index < -0.39 is 11.9 Å². The van der Waals surface area contributed by atoms with Crippen LogP contribution in [0.3, 0.4) is 0 Å². The van der Waals surface area contributed by atoms with Gasteiger partial charge in [-0.25, -0.2) is 4.39 Å². The summed E-state index contributed by atoms with van der Waals surface area (Å²) < 4.78 is 18.5. The zero-order valence-electron chi connectivity index (χ0n) is 14.3. The number of hydrogen-bond donors (Lipinski definition) is 3. The van der Waals surface area contributed by atoms with Crippen LogP contribution in [0.2, 0.25) is 0 Å². The predicted octanol–water partition coefficient (Wildman–Crippen LogP) is 0.777. The third-order valence-electron chi connectivity index (χ3n) is 4.16. The van der Waals surface area contributed by atoms with Crippen molar-refractivity contribution in [2.75, 3.05) is 19.7 Å². The number of ether oxygens (including phenoxy) is 1. The summed E-state index contributed by atoms with van der Waals surface area (Å²) in [6.07, 6.45) is 0.578. The van der Waals surface area contributed by atoms with Gasteiger partial charge in [-0.2, -0.15) is 0 Å². The van der Waals surface area contributed by atoms with Crippen molar-refractivity contribution in [3.8, 4) is 0 Å². The van der Waals surface area contributed by atoms with Gasteiger partial charge in [0.25, 0.3) is 0 Å². The summed E-state index contributed by atoms with van der Waals surface area (Å²) in [4.78, 5) is 23.9. The molecule has 0 aliphatic carbocycles. The third kappa shape index (κ3) is 6.80. The van der Waals surface area contributed by atoms with Gasteiger partial charge in [-0.3, -0.25) is 9.59 Å². The van der Waals surface area contributed by atoms with Crippen molar-refractivity contribution in [2.24, 2.45) is 5.92 Å². The first-order valence-corrected chi connectivity index (χ1v) is 8.52. The molecule has 1 fully saturated rings. The second-order valence-electron chi connectivity index (χ2n) is 6.41. The Morgan fingerprint density at radius 2 is 2.12 bits per heavy atom. The molecule has 138 valence electrons. The number of rotatable bonds is 7. The van der Waals surface area contributed by atoms with Crippen molar-refractivity contribution in [2.45, 2.75) is 38.4 Å². The highest BCUT2D eigenvalue weighted by Gasteiger charge is 2.25. The zero-order valence-corrected chi connectivity index (χ0v) is 14.3. The van der Waals surface area contributed by atoms with Crippen LogP contribution in [-0.2, 0) is 20.7 Å². The number of hydrogen-bond acceptors (Lipinski definition) is 4. The third-order valence-corrected chi connectivity index (χ3v) is 4.16. The minimum absolute atomic E-state index is 0.0264. The van der Waals surface area contributed by atoms with Gasteiger partial charge >= 0.3 is 0 Å². The van der Waals surface area contributed by atoms with Crippen molar-refractivity contribution in [1.29, 1.82) is 0 Å². The van der Waals surface area contributed by atoms with E-state index in [-0.39, 0.29) is 43.3 Å². The number of carbonyl (C=O) groups is 2. The number of benzene rings is 1. The van der Waals surface area contributed by atoms with Gasteiger partial charge in [0, 0.05) is 25.6 Å². The van der Waals surface area contributed by atoms with Crippen LogP contribution in [0.1, 0.15) is 25.3 Å². The minimum atomic E-state index is -0.877. The Labute approximate surface area is 146 Å². The van der Waals surface area contributed by atoms with Crippen molar-refractivity contribution in [3.05, 3.63) is 35.6 Å². The summed E-state index contributed by atoms with van der Waals surface area (Å²) in [6.45, 7) is 2.60. The Kier molecular flexibility index (Phi) is 7.33. The highest BCUT2D eigenvalue weighted by Crippen LogP contribution is 2.19. The Balaban J connectivity index is 1.65. The van der Waals surface area contributed by atoms with E-state index in [0.717, 1.165) is 0 Å². The molecule has 2 amide bonds. The van der Waals surface area contributed by atoms with Gasteiger partial charge in [-0.05, 0) is 37.5 Å². The van der Waals surface area contributed by atoms with Gasteiger partial charge in [-0.1, -0.05) is 12.1 Å². The molecule has 3 N–H and O–H groups in total. The molecule has 0 spiro atoms. The van der Waals surface area contributed by atoms with Gasteiger partial charge in [0.1, 0.15) is 5.82 Å². The molecule has 3 unspecified atom stereocenters. The summed E-state index contributed by atoms with van der Waals surface area (Å²) >= 11 is 0. The van der Waals surface area contributed by atoms with E-state index in [1.54, 1.807) is 12.1 Å². The fourth-order valence-electron chi connectivity index (χ4n) is 2.80. The quantitative estimate of drug-likeness (QED) is 0.677. The van der Waals surface area contributed by atoms with Crippen LogP contribution in [0.5, 0.6) is 0 Å². The van der Waals surface area contributed by atoms with Crippen LogP contribution in [0.25, 0.3) is 0 Å².